The molecule has 3 heteroatoms. The molecule has 0 spiro atoms. The van der Waals surface area contributed by atoms with E-state index >= 15 is 0 Å². The number of nitrogens with zero attached hydrogens (tertiary/aromatic N) is 1. The fourth-order valence-corrected chi connectivity index (χ4v) is 3.15. The third-order valence-electron chi connectivity index (χ3n) is 4.77. The van der Waals surface area contributed by atoms with Gasteiger partial charge in [-0.15, -0.1) is 0 Å². The first-order valence-electron chi connectivity index (χ1n) is 9.88. The van der Waals surface area contributed by atoms with Crippen molar-refractivity contribution in [1.82, 2.24) is 4.98 Å². The van der Waals surface area contributed by atoms with Crippen molar-refractivity contribution in [2.45, 2.75) is 13.2 Å². The Bertz CT molecular complexity index is 1090. The van der Waals surface area contributed by atoms with Crippen molar-refractivity contribution in [1.29, 1.82) is 0 Å². The van der Waals surface area contributed by atoms with Crippen LogP contribution in [0.4, 0.5) is 0 Å². The summed E-state index contributed by atoms with van der Waals surface area (Å²) in [6.45, 7) is 4.95. The summed E-state index contributed by atoms with van der Waals surface area (Å²) in [6.07, 6.45) is 3.67. The standard InChI is InChI=1S/C27H23NO2/c1-2-23-13-15-25(29-19-21-9-5-3-6-10-21)17-26(23)24-14-16-27(28-18-24)30-20-22-11-7-4-8-12-22/h2-18H,1,19-20H2. The maximum Gasteiger partial charge on any atom is 0.213 e. The third kappa shape index (κ3) is 4.95. The zero-order chi connectivity index (χ0) is 20.6. The molecule has 3 nitrogen and oxygen atoms in total. The van der Waals surface area contributed by atoms with Gasteiger partial charge in [-0.05, 0) is 40.5 Å². The molecule has 0 radical (unpaired) electrons. The second-order valence-corrected chi connectivity index (χ2v) is 6.89. The Labute approximate surface area is 177 Å². The predicted molar refractivity (Wildman–Crippen MR) is 121 cm³/mol. The number of pyridine rings is 1. The van der Waals surface area contributed by atoms with Gasteiger partial charge in [-0.25, -0.2) is 4.98 Å². The summed E-state index contributed by atoms with van der Waals surface area (Å²) in [5.74, 6) is 1.41. The van der Waals surface area contributed by atoms with Gasteiger partial charge in [0.2, 0.25) is 5.88 Å². The second-order valence-electron chi connectivity index (χ2n) is 6.89. The van der Waals surface area contributed by atoms with Crippen molar-refractivity contribution < 1.29 is 9.47 Å². The Balaban J connectivity index is 1.48. The van der Waals surface area contributed by atoms with Crippen LogP contribution in [0, 0.1) is 0 Å². The Kier molecular flexibility index (Phi) is 6.21. The highest BCUT2D eigenvalue weighted by Crippen LogP contribution is 2.30. The molecule has 4 aromatic rings. The molecule has 148 valence electrons. The third-order valence-corrected chi connectivity index (χ3v) is 4.77. The van der Waals surface area contributed by atoms with Crippen molar-refractivity contribution in [3.05, 3.63) is 120 Å². The van der Waals surface area contributed by atoms with E-state index in [9.17, 15) is 0 Å². The van der Waals surface area contributed by atoms with Gasteiger partial charge < -0.3 is 9.47 Å². The molecular formula is C27H23NO2. The van der Waals surface area contributed by atoms with E-state index in [2.05, 4.69) is 23.7 Å². The van der Waals surface area contributed by atoms with E-state index in [1.807, 2.05) is 91.1 Å². The quantitative estimate of drug-likeness (QED) is 0.340. The summed E-state index contributed by atoms with van der Waals surface area (Å²) in [5.41, 5.74) is 5.29. The summed E-state index contributed by atoms with van der Waals surface area (Å²) in [4.78, 5) is 4.47. The van der Waals surface area contributed by atoms with Crippen LogP contribution in [0.2, 0.25) is 0 Å². The van der Waals surface area contributed by atoms with Gasteiger partial charge in [0, 0.05) is 17.8 Å². The van der Waals surface area contributed by atoms with Crippen LogP contribution in [-0.2, 0) is 13.2 Å². The van der Waals surface area contributed by atoms with Gasteiger partial charge in [0.15, 0.2) is 0 Å². The van der Waals surface area contributed by atoms with Crippen LogP contribution in [0.5, 0.6) is 11.6 Å². The topological polar surface area (TPSA) is 31.4 Å². The van der Waals surface area contributed by atoms with Crippen LogP contribution in [-0.4, -0.2) is 4.98 Å². The zero-order valence-electron chi connectivity index (χ0n) is 16.7. The maximum atomic E-state index is 5.99. The summed E-state index contributed by atoms with van der Waals surface area (Å²) >= 11 is 0. The van der Waals surface area contributed by atoms with Crippen LogP contribution >= 0.6 is 0 Å². The van der Waals surface area contributed by atoms with Crippen molar-refractivity contribution in [2.24, 2.45) is 0 Å². The maximum absolute atomic E-state index is 5.99. The molecule has 4 rings (SSSR count). The number of benzene rings is 3. The number of aromatic nitrogens is 1. The minimum absolute atomic E-state index is 0.494. The minimum Gasteiger partial charge on any atom is -0.489 e. The van der Waals surface area contributed by atoms with Crippen LogP contribution in [0.25, 0.3) is 17.2 Å². The summed E-state index contributed by atoms with van der Waals surface area (Å²) in [6, 6.07) is 30.1. The highest BCUT2D eigenvalue weighted by molar-refractivity contribution is 5.75. The number of rotatable bonds is 8. The Morgan fingerprint density at radius 1 is 0.733 bits per heavy atom. The molecule has 0 N–H and O–H groups in total. The first-order chi connectivity index (χ1) is 14.8. The van der Waals surface area contributed by atoms with Crippen LogP contribution in [0.15, 0.2) is 104 Å². The molecule has 3 aromatic carbocycles. The molecule has 0 aliphatic rings. The highest BCUT2D eigenvalue weighted by atomic mass is 16.5. The average Bonchev–Trinajstić information content (AvgIpc) is 2.83. The first-order valence-corrected chi connectivity index (χ1v) is 9.88. The Morgan fingerprint density at radius 3 is 2.00 bits per heavy atom. The molecule has 0 saturated carbocycles. The zero-order valence-corrected chi connectivity index (χ0v) is 16.7. The fraction of sp³-hybridized carbons (Fsp3) is 0.0741. The number of hydrogen-bond donors (Lipinski definition) is 0. The van der Waals surface area contributed by atoms with E-state index in [0.29, 0.717) is 19.1 Å². The van der Waals surface area contributed by atoms with Gasteiger partial charge in [-0.3, -0.25) is 0 Å². The predicted octanol–water partition coefficient (Wildman–Crippen LogP) is 6.55. The molecule has 0 bridgehead atoms. The van der Waals surface area contributed by atoms with Gasteiger partial charge in [-0.1, -0.05) is 79.4 Å². The molecular weight excluding hydrogens is 370 g/mol. The largest absolute Gasteiger partial charge is 0.489 e. The van der Waals surface area contributed by atoms with E-state index in [1.165, 1.54) is 0 Å². The smallest absolute Gasteiger partial charge is 0.213 e. The van der Waals surface area contributed by atoms with Crippen LogP contribution in [0.3, 0.4) is 0 Å². The lowest BCUT2D eigenvalue weighted by molar-refractivity contribution is 0.294. The molecule has 0 atom stereocenters. The molecule has 0 saturated heterocycles. The van der Waals surface area contributed by atoms with Gasteiger partial charge in [0.05, 0.1) is 0 Å². The molecule has 0 fully saturated rings. The first kappa shape index (κ1) is 19.5. The summed E-state index contributed by atoms with van der Waals surface area (Å²) in [5, 5.41) is 0. The molecule has 0 amide bonds. The molecule has 0 aliphatic carbocycles. The average molecular weight is 393 g/mol. The summed E-state index contributed by atoms with van der Waals surface area (Å²) in [7, 11) is 0. The molecule has 30 heavy (non-hydrogen) atoms. The lowest BCUT2D eigenvalue weighted by Gasteiger charge is -2.12. The lowest BCUT2D eigenvalue weighted by atomic mass is 10.0. The Hall–Kier alpha value is -3.85. The SMILES string of the molecule is C=Cc1ccc(OCc2ccccc2)cc1-c1ccc(OCc2ccccc2)nc1. The molecule has 0 aliphatic heterocycles. The van der Waals surface area contributed by atoms with E-state index in [4.69, 9.17) is 9.47 Å². The normalized spacial score (nSPS) is 10.4. The molecule has 1 aromatic heterocycles. The van der Waals surface area contributed by atoms with Crippen molar-refractivity contribution in [3.63, 3.8) is 0 Å². The van der Waals surface area contributed by atoms with E-state index in [0.717, 1.165) is 33.6 Å². The van der Waals surface area contributed by atoms with Crippen molar-refractivity contribution in [3.8, 4) is 22.8 Å². The number of ether oxygens (including phenoxy) is 2. The fourth-order valence-electron chi connectivity index (χ4n) is 3.15. The lowest BCUT2D eigenvalue weighted by Crippen LogP contribution is -1.97. The monoisotopic (exact) mass is 393 g/mol. The minimum atomic E-state index is 0.494. The second kappa shape index (κ2) is 9.57. The van der Waals surface area contributed by atoms with Gasteiger partial charge in [0.25, 0.3) is 0 Å². The van der Waals surface area contributed by atoms with Gasteiger partial charge >= 0.3 is 0 Å². The highest BCUT2D eigenvalue weighted by Gasteiger charge is 2.07. The van der Waals surface area contributed by atoms with E-state index in [-0.39, 0.29) is 0 Å². The van der Waals surface area contributed by atoms with Gasteiger partial charge in [0.1, 0.15) is 19.0 Å². The summed E-state index contributed by atoms with van der Waals surface area (Å²) < 4.78 is 11.8. The Morgan fingerprint density at radius 2 is 1.40 bits per heavy atom. The van der Waals surface area contributed by atoms with Crippen molar-refractivity contribution >= 4 is 6.08 Å². The number of hydrogen-bond acceptors (Lipinski definition) is 3. The van der Waals surface area contributed by atoms with Crippen LogP contribution in [0.1, 0.15) is 16.7 Å². The van der Waals surface area contributed by atoms with Crippen molar-refractivity contribution in [2.75, 3.05) is 0 Å². The van der Waals surface area contributed by atoms with E-state index in [1.54, 1.807) is 0 Å². The van der Waals surface area contributed by atoms with Crippen LogP contribution < -0.4 is 9.47 Å². The van der Waals surface area contributed by atoms with E-state index < -0.39 is 0 Å². The molecule has 1 heterocycles. The van der Waals surface area contributed by atoms with Gasteiger partial charge in [-0.2, -0.15) is 0 Å². The molecule has 0 unspecified atom stereocenters.